The molecule has 12 heteroatoms. The highest BCUT2D eigenvalue weighted by atomic mass is 16.6. The molecule has 0 spiro atoms. The monoisotopic (exact) mass is 510 g/mol. The topological polar surface area (TPSA) is 155 Å². The molecule has 2 N–H and O–H groups in total. The van der Waals surface area contributed by atoms with Crippen LogP contribution in [0.2, 0.25) is 0 Å². The molecule has 1 aliphatic heterocycles. The van der Waals surface area contributed by atoms with Crippen molar-refractivity contribution in [2.45, 2.75) is 13.0 Å². The van der Waals surface area contributed by atoms with Gasteiger partial charge in [-0.1, -0.05) is 0 Å². The minimum Gasteiger partial charge on any atom is -0.484 e. The van der Waals surface area contributed by atoms with E-state index in [0.29, 0.717) is 37.5 Å². The average Bonchev–Trinajstić information content (AvgIpc) is 2.90. The Kier molecular flexibility index (Phi) is 7.68. The minimum absolute atomic E-state index is 0.00498. The molecule has 2 aromatic carbocycles. The van der Waals surface area contributed by atoms with Gasteiger partial charge in [-0.05, 0) is 36.8 Å². The van der Waals surface area contributed by atoms with Gasteiger partial charge < -0.3 is 29.4 Å². The van der Waals surface area contributed by atoms with Crippen LogP contribution in [0.4, 0.5) is 11.4 Å². The Morgan fingerprint density at radius 2 is 1.84 bits per heavy atom. The molecular weight excluding hydrogens is 484 g/mol. The number of rotatable bonds is 8. The molecule has 0 radical (unpaired) electrons. The van der Waals surface area contributed by atoms with E-state index >= 15 is 0 Å². The lowest BCUT2D eigenvalue weighted by molar-refractivity contribution is -0.384. The van der Waals surface area contributed by atoms with Gasteiger partial charge in [0, 0.05) is 61.5 Å². The van der Waals surface area contributed by atoms with Crippen LogP contribution in [-0.2, 0) is 9.59 Å². The molecule has 0 unspecified atom stereocenters. The van der Waals surface area contributed by atoms with E-state index < -0.39 is 41.6 Å². The Morgan fingerprint density at radius 1 is 1.14 bits per heavy atom. The van der Waals surface area contributed by atoms with Crippen LogP contribution >= 0.6 is 0 Å². The molecule has 0 aliphatic carbocycles. The number of nitrogens with zero attached hydrogens (tertiary/aromatic N) is 3. The predicted octanol–water partition coefficient (Wildman–Crippen LogP) is 1.21. The molecule has 0 saturated carbocycles. The zero-order valence-electron chi connectivity index (χ0n) is 20.1. The third-order valence-electron chi connectivity index (χ3n) is 6.13. The first-order valence-corrected chi connectivity index (χ1v) is 11.6. The number of nitrogens with one attached hydrogen (secondary N) is 1. The van der Waals surface area contributed by atoms with Gasteiger partial charge in [0.25, 0.3) is 11.6 Å². The zero-order valence-corrected chi connectivity index (χ0v) is 20.1. The number of fused-ring (bicyclic) bond motifs is 1. The second-order valence-electron chi connectivity index (χ2n) is 8.58. The number of aliphatic hydroxyl groups excluding tert-OH is 1. The molecule has 1 fully saturated rings. The van der Waals surface area contributed by atoms with E-state index in [2.05, 4.69) is 5.32 Å². The van der Waals surface area contributed by atoms with Gasteiger partial charge in [0.15, 0.2) is 6.61 Å². The number of carbonyl (C=O) groups excluding carboxylic acids is 2. The molecule has 4 rings (SSSR count). The van der Waals surface area contributed by atoms with Gasteiger partial charge in [-0.25, -0.2) is 4.79 Å². The fraction of sp³-hybridized carbons (Fsp3) is 0.320. The standard InChI is InChI=1S/C25H26N4O8/c1-16-12-24(32)37-22-13-19(6-7-20(16)22)36-15-23(31)26-21(14-30)25(33)28-10-8-27(9-11-28)17-2-4-18(5-3-17)29(34)35/h2-7,12-13,21,30H,8-11,14-15H2,1H3,(H,26,31)/t21-/m0/s1. The Hall–Kier alpha value is -4.45. The van der Waals surface area contributed by atoms with Crippen LogP contribution < -0.4 is 20.6 Å². The number of nitro benzene ring substituents is 1. The normalized spacial score (nSPS) is 14.3. The third-order valence-corrected chi connectivity index (χ3v) is 6.13. The lowest BCUT2D eigenvalue weighted by atomic mass is 10.1. The van der Waals surface area contributed by atoms with Crippen molar-refractivity contribution >= 4 is 34.2 Å². The Labute approximate surface area is 211 Å². The van der Waals surface area contributed by atoms with Crippen molar-refractivity contribution in [2.75, 3.05) is 44.3 Å². The van der Waals surface area contributed by atoms with Crippen molar-refractivity contribution in [1.82, 2.24) is 10.2 Å². The van der Waals surface area contributed by atoms with E-state index in [9.17, 15) is 29.6 Å². The second kappa shape index (κ2) is 11.1. The van der Waals surface area contributed by atoms with Crippen LogP contribution in [0.3, 0.4) is 0 Å². The first-order chi connectivity index (χ1) is 17.7. The summed E-state index contributed by atoms with van der Waals surface area (Å²) < 4.78 is 10.7. The highest BCUT2D eigenvalue weighted by Crippen LogP contribution is 2.23. The Balaban J connectivity index is 1.29. The molecule has 1 aliphatic rings. The maximum Gasteiger partial charge on any atom is 0.336 e. The minimum atomic E-state index is -1.13. The summed E-state index contributed by atoms with van der Waals surface area (Å²) in [7, 11) is 0. The van der Waals surface area contributed by atoms with Crippen LogP contribution in [-0.4, -0.2) is 72.2 Å². The summed E-state index contributed by atoms with van der Waals surface area (Å²) in [6.45, 7) is 2.52. The molecular formula is C25H26N4O8. The molecule has 2 heterocycles. The maximum absolute atomic E-state index is 12.9. The number of anilines is 1. The molecule has 37 heavy (non-hydrogen) atoms. The largest absolute Gasteiger partial charge is 0.484 e. The molecule has 1 saturated heterocycles. The lowest BCUT2D eigenvalue weighted by Crippen LogP contribution is -2.56. The smallest absolute Gasteiger partial charge is 0.336 e. The third kappa shape index (κ3) is 6.04. The molecule has 1 aromatic heterocycles. The van der Waals surface area contributed by atoms with E-state index in [-0.39, 0.29) is 5.69 Å². The van der Waals surface area contributed by atoms with Crippen molar-refractivity contribution in [3.63, 3.8) is 0 Å². The van der Waals surface area contributed by atoms with Crippen LogP contribution in [0.25, 0.3) is 11.0 Å². The van der Waals surface area contributed by atoms with Gasteiger partial charge in [0.2, 0.25) is 5.91 Å². The number of hydrogen-bond acceptors (Lipinski definition) is 9. The molecule has 194 valence electrons. The van der Waals surface area contributed by atoms with Crippen molar-refractivity contribution in [1.29, 1.82) is 0 Å². The zero-order chi connectivity index (χ0) is 26.5. The molecule has 3 aromatic rings. The van der Waals surface area contributed by atoms with Gasteiger partial charge in [-0.2, -0.15) is 0 Å². The van der Waals surface area contributed by atoms with Crippen LogP contribution in [0, 0.1) is 17.0 Å². The molecule has 1 atom stereocenters. The fourth-order valence-electron chi connectivity index (χ4n) is 4.16. The number of carbonyl (C=O) groups is 2. The molecule has 0 bridgehead atoms. The average molecular weight is 511 g/mol. The van der Waals surface area contributed by atoms with Crippen LogP contribution in [0.15, 0.2) is 57.7 Å². The van der Waals surface area contributed by atoms with Gasteiger partial charge in [0.1, 0.15) is 17.4 Å². The van der Waals surface area contributed by atoms with Crippen molar-refractivity contribution in [3.8, 4) is 5.75 Å². The number of amides is 2. The number of aryl methyl sites for hydroxylation is 1. The quantitative estimate of drug-likeness (QED) is 0.258. The number of non-ortho nitro benzene ring substituents is 1. The van der Waals surface area contributed by atoms with E-state index in [1.807, 2.05) is 4.90 Å². The van der Waals surface area contributed by atoms with Crippen LogP contribution in [0.5, 0.6) is 5.75 Å². The summed E-state index contributed by atoms with van der Waals surface area (Å²) >= 11 is 0. The highest BCUT2D eigenvalue weighted by molar-refractivity contribution is 5.88. The van der Waals surface area contributed by atoms with Crippen molar-refractivity contribution in [2.24, 2.45) is 0 Å². The van der Waals surface area contributed by atoms with E-state index in [4.69, 9.17) is 9.15 Å². The van der Waals surface area contributed by atoms with E-state index in [1.54, 1.807) is 36.1 Å². The van der Waals surface area contributed by atoms with Crippen molar-refractivity contribution in [3.05, 3.63) is 74.6 Å². The number of aliphatic hydroxyl groups is 1. The van der Waals surface area contributed by atoms with Gasteiger partial charge in [-0.15, -0.1) is 0 Å². The Morgan fingerprint density at radius 3 is 2.49 bits per heavy atom. The second-order valence-corrected chi connectivity index (χ2v) is 8.58. The van der Waals surface area contributed by atoms with E-state index in [0.717, 1.165) is 16.6 Å². The Bertz CT molecular complexity index is 1360. The summed E-state index contributed by atoms with van der Waals surface area (Å²) in [4.78, 5) is 50.8. The first-order valence-electron chi connectivity index (χ1n) is 11.6. The van der Waals surface area contributed by atoms with Gasteiger partial charge in [-0.3, -0.25) is 19.7 Å². The van der Waals surface area contributed by atoms with Crippen LogP contribution in [0.1, 0.15) is 5.56 Å². The summed E-state index contributed by atoms with van der Waals surface area (Å²) in [6.07, 6.45) is 0. The number of nitro groups is 1. The first kappa shape index (κ1) is 25.6. The molecule has 12 nitrogen and oxygen atoms in total. The van der Waals surface area contributed by atoms with E-state index in [1.165, 1.54) is 24.3 Å². The number of hydrogen-bond donors (Lipinski definition) is 2. The SMILES string of the molecule is Cc1cc(=O)oc2cc(OCC(=O)N[C@@H](CO)C(=O)N3CCN(c4ccc([N+](=O)[O-])cc4)CC3)ccc12. The predicted molar refractivity (Wildman–Crippen MR) is 134 cm³/mol. The molecule has 2 amide bonds. The number of benzene rings is 2. The van der Waals surface area contributed by atoms with Crippen molar-refractivity contribution < 1.29 is 28.8 Å². The maximum atomic E-state index is 12.9. The summed E-state index contributed by atoms with van der Waals surface area (Å²) in [5.74, 6) is -0.699. The number of ether oxygens (including phenoxy) is 1. The summed E-state index contributed by atoms with van der Waals surface area (Å²) in [5, 5.41) is 23.8. The lowest BCUT2D eigenvalue weighted by Gasteiger charge is -2.37. The van der Waals surface area contributed by atoms with Gasteiger partial charge in [0.05, 0.1) is 11.5 Å². The highest BCUT2D eigenvalue weighted by Gasteiger charge is 2.28. The summed E-state index contributed by atoms with van der Waals surface area (Å²) in [5.41, 5.74) is 1.42. The fourth-order valence-corrected chi connectivity index (χ4v) is 4.16. The number of piperazine rings is 1. The summed E-state index contributed by atoms with van der Waals surface area (Å²) in [6, 6.07) is 11.3. The van der Waals surface area contributed by atoms with Gasteiger partial charge >= 0.3 is 5.63 Å².